The number of ether oxygens (including phenoxy) is 1. The predicted octanol–water partition coefficient (Wildman–Crippen LogP) is 1.42. The summed E-state index contributed by atoms with van der Waals surface area (Å²) in [6.07, 6.45) is 2.85. The minimum atomic E-state index is -3.13. The lowest BCUT2D eigenvalue weighted by molar-refractivity contribution is 0.0986. The molecule has 0 spiro atoms. The third-order valence-corrected chi connectivity index (χ3v) is 6.31. The van der Waals surface area contributed by atoms with Crippen molar-refractivity contribution in [3.05, 3.63) is 30.5 Å². The van der Waals surface area contributed by atoms with Crippen molar-refractivity contribution in [2.24, 2.45) is 7.05 Å². The van der Waals surface area contributed by atoms with Crippen molar-refractivity contribution in [3.8, 4) is 11.4 Å². The third kappa shape index (κ3) is 5.40. The highest BCUT2D eigenvalue weighted by atomic mass is 32.2. The second-order valence-electron chi connectivity index (χ2n) is 8.08. The van der Waals surface area contributed by atoms with Crippen molar-refractivity contribution in [1.29, 1.82) is 0 Å². The Morgan fingerprint density at radius 3 is 2.70 bits per heavy atom. The molecule has 2 amide bonds. The molecule has 0 bridgehead atoms. The number of urea groups is 1. The van der Waals surface area contributed by atoms with Gasteiger partial charge in [-0.05, 0) is 31.2 Å². The number of carbonyl (C=O) groups excluding carboxylic acids is 1. The molecule has 1 fully saturated rings. The molecular formula is C21H27N7O4S. The first kappa shape index (κ1) is 22.9. The fourth-order valence-corrected chi connectivity index (χ4v) is 4.13. The van der Waals surface area contributed by atoms with Crippen LogP contribution in [0.3, 0.4) is 0 Å². The summed E-state index contributed by atoms with van der Waals surface area (Å²) in [6, 6.07) is 6.86. The molecule has 0 radical (unpaired) electrons. The molecule has 1 atom stereocenters. The molecule has 3 heterocycles. The first-order chi connectivity index (χ1) is 15.7. The molecule has 0 aliphatic carbocycles. The fraction of sp³-hybridized carbons (Fsp3) is 0.429. The normalized spacial score (nSPS) is 16.7. The van der Waals surface area contributed by atoms with Crippen molar-refractivity contribution in [1.82, 2.24) is 25.1 Å². The molecule has 11 nitrogen and oxygen atoms in total. The van der Waals surface area contributed by atoms with Gasteiger partial charge in [0.1, 0.15) is 20.9 Å². The van der Waals surface area contributed by atoms with Gasteiger partial charge in [-0.25, -0.2) is 23.2 Å². The number of anilines is 2. The van der Waals surface area contributed by atoms with Crippen molar-refractivity contribution in [2.45, 2.75) is 13.0 Å². The number of benzene rings is 1. The van der Waals surface area contributed by atoms with Crippen LogP contribution >= 0.6 is 0 Å². The Bertz CT molecular complexity index is 1260. The summed E-state index contributed by atoms with van der Waals surface area (Å²) in [7, 11) is -1.25. The van der Waals surface area contributed by atoms with Gasteiger partial charge in [0.25, 0.3) is 0 Å². The topological polar surface area (TPSA) is 131 Å². The standard InChI is InChI=1S/C21H27N7O4S/c1-14-13-32-10-9-28(14)20-18-17(12-23-27(18)2)25-19(26-20)15-4-6-16(7-5-15)24-21(29)22-8-11-33(3,30)31/h4-7,12,14H,8-11,13H2,1-3H3,(H2,22,24,29)/t14-/m0/s1. The zero-order valence-corrected chi connectivity index (χ0v) is 19.6. The van der Waals surface area contributed by atoms with E-state index in [4.69, 9.17) is 14.7 Å². The van der Waals surface area contributed by atoms with Gasteiger partial charge in [-0.2, -0.15) is 5.10 Å². The van der Waals surface area contributed by atoms with E-state index in [0.717, 1.165) is 35.2 Å². The van der Waals surface area contributed by atoms with Crippen molar-refractivity contribution < 1.29 is 17.9 Å². The van der Waals surface area contributed by atoms with E-state index in [1.165, 1.54) is 0 Å². The highest BCUT2D eigenvalue weighted by Gasteiger charge is 2.25. The van der Waals surface area contributed by atoms with E-state index in [9.17, 15) is 13.2 Å². The van der Waals surface area contributed by atoms with Crippen LogP contribution in [-0.4, -0.2) is 78.6 Å². The first-order valence-corrected chi connectivity index (χ1v) is 12.6. The zero-order chi connectivity index (χ0) is 23.6. The molecular weight excluding hydrogens is 446 g/mol. The van der Waals surface area contributed by atoms with E-state index in [1.54, 1.807) is 23.0 Å². The summed E-state index contributed by atoms with van der Waals surface area (Å²) in [5.41, 5.74) is 2.99. The van der Waals surface area contributed by atoms with Crippen molar-refractivity contribution in [3.63, 3.8) is 0 Å². The minimum Gasteiger partial charge on any atom is -0.377 e. The second kappa shape index (κ2) is 9.32. The van der Waals surface area contributed by atoms with Gasteiger partial charge in [0.2, 0.25) is 0 Å². The molecule has 4 rings (SSSR count). The smallest absolute Gasteiger partial charge is 0.319 e. The number of sulfone groups is 1. The van der Waals surface area contributed by atoms with Gasteiger partial charge in [-0.15, -0.1) is 0 Å². The van der Waals surface area contributed by atoms with E-state index >= 15 is 0 Å². The number of nitrogens with one attached hydrogen (secondary N) is 2. The summed E-state index contributed by atoms with van der Waals surface area (Å²) in [6.45, 7) is 4.14. The molecule has 0 unspecified atom stereocenters. The molecule has 2 aromatic heterocycles. The van der Waals surface area contributed by atoms with Gasteiger partial charge in [0.15, 0.2) is 11.6 Å². The van der Waals surface area contributed by atoms with Crippen LogP contribution in [-0.2, 0) is 21.6 Å². The molecule has 12 heteroatoms. The SMILES string of the molecule is C[C@H]1COCCN1c1nc(-c2ccc(NC(=O)NCCS(C)(=O)=O)cc2)nc2cnn(C)c12. The van der Waals surface area contributed by atoms with Gasteiger partial charge < -0.3 is 20.3 Å². The summed E-state index contributed by atoms with van der Waals surface area (Å²) >= 11 is 0. The molecule has 1 aromatic carbocycles. The highest BCUT2D eigenvalue weighted by Crippen LogP contribution is 2.29. The fourth-order valence-electron chi connectivity index (χ4n) is 3.66. The van der Waals surface area contributed by atoms with E-state index in [1.807, 2.05) is 19.2 Å². The van der Waals surface area contributed by atoms with E-state index in [-0.39, 0.29) is 18.3 Å². The predicted molar refractivity (Wildman–Crippen MR) is 126 cm³/mol. The quantitative estimate of drug-likeness (QED) is 0.550. The van der Waals surface area contributed by atoms with Gasteiger partial charge in [-0.3, -0.25) is 4.68 Å². The monoisotopic (exact) mass is 473 g/mol. The molecule has 1 saturated heterocycles. The number of aromatic nitrogens is 4. The van der Waals surface area contributed by atoms with Crippen LogP contribution in [0.15, 0.2) is 30.5 Å². The van der Waals surface area contributed by atoms with Gasteiger partial charge in [-0.1, -0.05) is 0 Å². The van der Waals surface area contributed by atoms with Crippen LogP contribution in [0.4, 0.5) is 16.3 Å². The lowest BCUT2D eigenvalue weighted by atomic mass is 10.2. The minimum absolute atomic E-state index is 0.0461. The van der Waals surface area contributed by atoms with E-state index < -0.39 is 15.9 Å². The number of amides is 2. The lowest BCUT2D eigenvalue weighted by Gasteiger charge is -2.34. The maximum Gasteiger partial charge on any atom is 0.319 e. The molecule has 0 saturated carbocycles. The molecule has 1 aliphatic heterocycles. The number of aryl methyl sites for hydroxylation is 1. The number of morpholine rings is 1. The van der Waals surface area contributed by atoms with Crippen LogP contribution in [0.1, 0.15) is 6.92 Å². The number of carbonyl (C=O) groups is 1. The van der Waals surface area contributed by atoms with Crippen LogP contribution in [0.5, 0.6) is 0 Å². The Hall–Kier alpha value is -3.25. The van der Waals surface area contributed by atoms with Crippen molar-refractivity contribution >= 4 is 38.4 Å². The molecule has 2 N–H and O–H groups in total. The Balaban J connectivity index is 1.55. The van der Waals surface area contributed by atoms with E-state index in [2.05, 4.69) is 27.6 Å². The first-order valence-electron chi connectivity index (χ1n) is 10.6. The Kier molecular flexibility index (Phi) is 6.47. The molecule has 176 valence electrons. The van der Waals surface area contributed by atoms with Crippen LogP contribution in [0.2, 0.25) is 0 Å². The van der Waals surface area contributed by atoms with Crippen LogP contribution in [0.25, 0.3) is 22.4 Å². The Labute approximate surface area is 192 Å². The number of hydrogen-bond acceptors (Lipinski definition) is 8. The average Bonchev–Trinajstić information content (AvgIpc) is 3.14. The molecule has 1 aliphatic rings. The maximum absolute atomic E-state index is 12.0. The molecule has 3 aromatic rings. The largest absolute Gasteiger partial charge is 0.377 e. The van der Waals surface area contributed by atoms with E-state index in [0.29, 0.717) is 24.7 Å². The summed E-state index contributed by atoms with van der Waals surface area (Å²) in [5, 5.41) is 9.57. The summed E-state index contributed by atoms with van der Waals surface area (Å²) in [4.78, 5) is 23.8. The average molecular weight is 474 g/mol. The zero-order valence-electron chi connectivity index (χ0n) is 18.8. The second-order valence-corrected chi connectivity index (χ2v) is 10.3. The Morgan fingerprint density at radius 2 is 2.00 bits per heavy atom. The molecule has 33 heavy (non-hydrogen) atoms. The van der Waals surface area contributed by atoms with Gasteiger partial charge in [0.05, 0.1) is 31.2 Å². The number of nitrogens with zero attached hydrogens (tertiary/aromatic N) is 5. The van der Waals surface area contributed by atoms with Crippen LogP contribution in [0, 0.1) is 0 Å². The number of rotatable bonds is 6. The summed E-state index contributed by atoms with van der Waals surface area (Å²) in [5.74, 6) is 1.27. The Morgan fingerprint density at radius 1 is 1.24 bits per heavy atom. The number of fused-ring (bicyclic) bond motifs is 1. The third-order valence-electron chi connectivity index (χ3n) is 5.37. The number of hydrogen-bond donors (Lipinski definition) is 2. The lowest BCUT2D eigenvalue weighted by Crippen LogP contribution is -2.44. The summed E-state index contributed by atoms with van der Waals surface area (Å²) < 4.78 is 29.7. The maximum atomic E-state index is 12.0. The van der Waals surface area contributed by atoms with Crippen molar-refractivity contribution in [2.75, 3.05) is 48.5 Å². The highest BCUT2D eigenvalue weighted by molar-refractivity contribution is 7.90. The van der Waals surface area contributed by atoms with Gasteiger partial charge in [0, 0.05) is 37.6 Å². The van der Waals surface area contributed by atoms with Gasteiger partial charge >= 0.3 is 6.03 Å². The van der Waals surface area contributed by atoms with Crippen LogP contribution < -0.4 is 15.5 Å².